The van der Waals surface area contributed by atoms with E-state index in [1.54, 1.807) is 0 Å². The highest BCUT2D eigenvalue weighted by atomic mass is 35.5. The summed E-state index contributed by atoms with van der Waals surface area (Å²) in [6.45, 7) is 2.22. The van der Waals surface area contributed by atoms with Gasteiger partial charge in [-0.1, -0.05) is 30.2 Å². The van der Waals surface area contributed by atoms with Crippen molar-refractivity contribution in [1.29, 1.82) is 0 Å². The summed E-state index contributed by atoms with van der Waals surface area (Å²) in [6.07, 6.45) is 11.9. The molecule has 4 rings (SSSR count). The lowest BCUT2D eigenvalue weighted by Crippen LogP contribution is -2.54. The quantitative estimate of drug-likeness (QED) is 0.760. The van der Waals surface area contributed by atoms with Crippen LogP contribution in [0.2, 0.25) is 0 Å². The molecule has 0 saturated heterocycles. The minimum absolute atomic E-state index is 0.0152. The number of hydrogen-bond donors (Lipinski definition) is 1. The van der Waals surface area contributed by atoms with Crippen molar-refractivity contribution in [2.24, 2.45) is 29.1 Å². The first kappa shape index (κ1) is 15.9. The first-order valence-corrected chi connectivity index (χ1v) is 9.71. The molecule has 126 valence electrons. The van der Waals surface area contributed by atoms with Crippen molar-refractivity contribution >= 4 is 17.4 Å². The van der Waals surface area contributed by atoms with Crippen molar-refractivity contribution in [1.82, 2.24) is 0 Å². The molecule has 0 heterocycles. The molecule has 1 N–H and O–H groups in total. The Morgan fingerprint density at radius 3 is 2.87 bits per heavy atom. The first-order valence-electron chi connectivity index (χ1n) is 9.33. The standard InChI is InChI=1S/C20H27ClO2/c1-2-20-10-9-15-14-6-4-13(22)11-12(14)3-5-16(15)17(20)7-8-18(21)19(20)23/h8,11,14-17,19,23H,2-7,9-10H2,1H3/t14-,15+,16+,17-,19-,20?/m0/s1. The Labute approximate surface area is 144 Å². The fraction of sp³-hybridized carbons (Fsp3) is 0.750. The maximum atomic E-state index is 11.8. The first-order chi connectivity index (χ1) is 11.1. The fourth-order valence-corrected chi connectivity index (χ4v) is 6.74. The summed E-state index contributed by atoms with van der Waals surface area (Å²) in [6, 6.07) is 0. The zero-order valence-electron chi connectivity index (χ0n) is 13.9. The molecule has 0 bridgehead atoms. The van der Waals surface area contributed by atoms with Gasteiger partial charge in [0, 0.05) is 16.9 Å². The molecule has 2 fully saturated rings. The van der Waals surface area contributed by atoms with E-state index >= 15 is 0 Å². The van der Waals surface area contributed by atoms with E-state index in [0.29, 0.717) is 34.5 Å². The molecule has 0 aromatic carbocycles. The number of halogens is 1. The van der Waals surface area contributed by atoms with E-state index in [-0.39, 0.29) is 5.41 Å². The van der Waals surface area contributed by atoms with Crippen molar-refractivity contribution < 1.29 is 9.90 Å². The number of carbonyl (C=O) groups is 1. The van der Waals surface area contributed by atoms with Gasteiger partial charge in [-0.3, -0.25) is 4.79 Å². The van der Waals surface area contributed by atoms with Crippen LogP contribution in [0.25, 0.3) is 0 Å². The van der Waals surface area contributed by atoms with E-state index in [9.17, 15) is 9.90 Å². The highest BCUT2D eigenvalue weighted by Crippen LogP contribution is 2.61. The molecule has 4 aliphatic rings. The lowest BCUT2D eigenvalue weighted by Gasteiger charge is -2.58. The summed E-state index contributed by atoms with van der Waals surface area (Å²) >= 11 is 6.32. The maximum Gasteiger partial charge on any atom is 0.155 e. The molecule has 0 aliphatic heterocycles. The minimum atomic E-state index is -0.473. The van der Waals surface area contributed by atoms with Crippen LogP contribution in [-0.2, 0) is 4.79 Å². The van der Waals surface area contributed by atoms with E-state index in [1.165, 1.54) is 18.4 Å². The molecule has 4 aliphatic carbocycles. The number of aliphatic hydroxyl groups excluding tert-OH is 1. The molecule has 0 radical (unpaired) electrons. The average Bonchev–Trinajstić information content (AvgIpc) is 2.57. The molecule has 2 nitrogen and oxygen atoms in total. The van der Waals surface area contributed by atoms with Gasteiger partial charge in [-0.2, -0.15) is 0 Å². The topological polar surface area (TPSA) is 37.3 Å². The summed E-state index contributed by atoms with van der Waals surface area (Å²) < 4.78 is 0. The molecular weight excluding hydrogens is 308 g/mol. The van der Waals surface area contributed by atoms with E-state index < -0.39 is 6.10 Å². The Balaban J connectivity index is 1.67. The average molecular weight is 335 g/mol. The van der Waals surface area contributed by atoms with Crippen LogP contribution >= 0.6 is 11.6 Å². The zero-order chi connectivity index (χ0) is 16.2. The maximum absolute atomic E-state index is 11.8. The Morgan fingerprint density at radius 2 is 2.09 bits per heavy atom. The molecule has 2 saturated carbocycles. The van der Waals surface area contributed by atoms with Crippen LogP contribution in [0.15, 0.2) is 22.8 Å². The number of fused-ring (bicyclic) bond motifs is 5. The summed E-state index contributed by atoms with van der Waals surface area (Å²) in [5.41, 5.74) is 1.41. The molecule has 0 aromatic heterocycles. The second-order valence-corrected chi connectivity index (χ2v) is 8.59. The van der Waals surface area contributed by atoms with Crippen LogP contribution in [-0.4, -0.2) is 17.0 Å². The minimum Gasteiger partial charge on any atom is -0.387 e. The second kappa shape index (κ2) is 5.74. The van der Waals surface area contributed by atoms with Crippen molar-refractivity contribution in [3.8, 4) is 0 Å². The van der Waals surface area contributed by atoms with Gasteiger partial charge in [-0.05, 0) is 74.7 Å². The molecular formula is C20H27ClO2. The van der Waals surface area contributed by atoms with Gasteiger partial charge in [-0.25, -0.2) is 0 Å². The van der Waals surface area contributed by atoms with Gasteiger partial charge in [0.2, 0.25) is 0 Å². The molecule has 3 heteroatoms. The van der Waals surface area contributed by atoms with Crippen LogP contribution in [0, 0.1) is 29.1 Å². The SMILES string of the molecule is CCC12CC[C@H]3[C@@H](CCC4=CC(=O)CC[C@@H]43)[C@@H]1CC=C(Cl)[C@@H]2O. The Kier molecular flexibility index (Phi) is 3.97. The lowest BCUT2D eigenvalue weighted by molar-refractivity contribution is -0.117. The van der Waals surface area contributed by atoms with E-state index in [2.05, 4.69) is 13.0 Å². The summed E-state index contributed by atoms with van der Waals surface area (Å²) in [5.74, 6) is 2.92. The summed E-state index contributed by atoms with van der Waals surface area (Å²) in [7, 11) is 0. The molecule has 0 amide bonds. The van der Waals surface area contributed by atoms with E-state index in [0.717, 1.165) is 38.5 Å². The van der Waals surface area contributed by atoms with E-state index in [1.807, 2.05) is 6.08 Å². The van der Waals surface area contributed by atoms with Crippen molar-refractivity contribution in [2.75, 3.05) is 0 Å². The van der Waals surface area contributed by atoms with Crippen LogP contribution in [0.3, 0.4) is 0 Å². The predicted molar refractivity (Wildman–Crippen MR) is 92.0 cm³/mol. The number of carbonyl (C=O) groups excluding carboxylic acids is 1. The monoisotopic (exact) mass is 334 g/mol. The normalized spacial score (nSPS) is 46.2. The summed E-state index contributed by atoms with van der Waals surface area (Å²) in [5, 5.41) is 11.5. The van der Waals surface area contributed by atoms with Crippen LogP contribution in [0.1, 0.15) is 58.3 Å². The Hall–Kier alpha value is -0.600. The second-order valence-electron chi connectivity index (χ2n) is 8.16. The lowest BCUT2D eigenvalue weighted by atomic mass is 9.47. The van der Waals surface area contributed by atoms with Crippen LogP contribution in [0.4, 0.5) is 0 Å². The number of aliphatic hydroxyl groups is 1. The molecule has 23 heavy (non-hydrogen) atoms. The number of ketones is 1. The Morgan fingerprint density at radius 1 is 1.26 bits per heavy atom. The Bertz CT molecular complexity index is 578. The van der Waals surface area contributed by atoms with Crippen molar-refractivity contribution in [3.05, 3.63) is 22.8 Å². The van der Waals surface area contributed by atoms with Gasteiger partial charge in [0.1, 0.15) is 0 Å². The number of rotatable bonds is 1. The molecule has 0 spiro atoms. The third-order valence-corrected chi connectivity index (χ3v) is 7.95. The predicted octanol–water partition coefficient (Wildman–Crippen LogP) is 4.61. The van der Waals surface area contributed by atoms with Gasteiger partial charge in [-0.15, -0.1) is 0 Å². The van der Waals surface area contributed by atoms with E-state index in [4.69, 9.17) is 11.6 Å². The number of allylic oxidation sites excluding steroid dienone is 3. The van der Waals surface area contributed by atoms with Gasteiger partial charge in [0.25, 0.3) is 0 Å². The largest absolute Gasteiger partial charge is 0.387 e. The van der Waals surface area contributed by atoms with Gasteiger partial charge in [0.05, 0.1) is 6.10 Å². The summed E-state index contributed by atoms with van der Waals surface area (Å²) in [4.78, 5) is 11.8. The van der Waals surface area contributed by atoms with Crippen LogP contribution in [0.5, 0.6) is 0 Å². The molecule has 6 atom stereocenters. The third kappa shape index (κ3) is 2.28. The van der Waals surface area contributed by atoms with Gasteiger partial charge < -0.3 is 5.11 Å². The fourth-order valence-electron chi connectivity index (χ4n) is 6.43. The van der Waals surface area contributed by atoms with Crippen LogP contribution < -0.4 is 0 Å². The van der Waals surface area contributed by atoms with Gasteiger partial charge in [0.15, 0.2) is 5.78 Å². The van der Waals surface area contributed by atoms with Crippen molar-refractivity contribution in [3.63, 3.8) is 0 Å². The van der Waals surface area contributed by atoms with Gasteiger partial charge >= 0.3 is 0 Å². The van der Waals surface area contributed by atoms with Crippen molar-refractivity contribution in [2.45, 2.75) is 64.4 Å². The smallest absolute Gasteiger partial charge is 0.155 e. The number of hydrogen-bond acceptors (Lipinski definition) is 2. The highest BCUT2D eigenvalue weighted by Gasteiger charge is 2.56. The highest BCUT2D eigenvalue weighted by molar-refractivity contribution is 6.30. The molecule has 0 aromatic rings. The third-order valence-electron chi connectivity index (χ3n) is 7.59. The zero-order valence-corrected chi connectivity index (χ0v) is 14.7. The molecule has 1 unspecified atom stereocenters.